The van der Waals surface area contributed by atoms with Crippen molar-refractivity contribution in [3.8, 4) is 12.0 Å². The molecule has 3 aromatic heterocycles. The number of rotatable bonds is 7. The van der Waals surface area contributed by atoms with Gasteiger partial charge in [0.15, 0.2) is 0 Å². The third kappa shape index (κ3) is 4.48. The summed E-state index contributed by atoms with van der Waals surface area (Å²) in [6.45, 7) is 4.10. The van der Waals surface area contributed by atoms with Gasteiger partial charge in [-0.05, 0) is 40.6 Å². The number of para-hydroxylation sites is 1. The molecule has 31 heavy (non-hydrogen) atoms. The number of aromatic nitrogens is 7. The van der Waals surface area contributed by atoms with Crippen molar-refractivity contribution in [2.75, 3.05) is 5.32 Å². The fourth-order valence-corrected chi connectivity index (χ4v) is 3.29. The van der Waals surface area contributed by atoms with E-state index in [9.17, 15) is 4.79 Å². The number of nitrogens with zero attached hydrogens (tertiary/aromatic N) is 7. The van der Waals surface area contributed by atoms with Crippen LogP contribution in [0.15, 0.2) is 36.4 Å². The van der Waals surface area contributed by atoms with E-state index in [0.717, 1.165) is 0 Å². The van der Waals surface area contributed by atoms with E-state index in [4.69, 9.17) is 16.3 Å². The van der Waals surface area contributed by atoms with Gasteiger partial charge in [-0.25, -0.2) is 14.2 Å². The molecule has 0 atom stereocenters. The number of pyridine rings is 1. The lowest BCUT2D eigenvalue weighted by atomic mass is 10.1. The SMILES string of the molecule is CC(C)CC(=O)Nc1cccc(COc2nc3c(Cl)cccc3n2-c2nnnn2C)n1. The summed E-state index contributed by atoms with van der Waals surface area (Å²) >= 11 is 6.32. The fourth-order valence-electron chi connectivity index (χ4n) is 3.08. The zero-order chi connectivity index (χ0) is 22.0. The Labute approximate surface area is 183 Å². The van der Waals surface area contributed by atoms with Crippen LogP contribution < -0.4 is 10.1 Å². The minimum atomic E-state index is -0.0771. The number of carbonyl (C=O) groups excluding carboxylic acids is 1. The van der Waals surface area contributed by atoms with Crippen LogP contribution in [0.3, 0.4) is 0 Å². The van der Waals surface area contributed by atoms with Gasteiger partial charge in [0.1, 0.15) is 17.9 Å². The predicted molar refractivity (Wildman–Crippen MR) is 115 cm³/mol. The molecule has 0 unspecified atom stereocenters. The first-order chi connectivity index (χ1) is 14.9. The zero-order valence-corrected chi connectivity index (χ0v) is 18.0. The van der Waals surface area contributed by atoms with Crippen LogP contribution in [0.25, 0.3) is 17.0 Å². The Balaban J connectivity index is 1.60. The number of imidazole rings is 1. The Morgan fingerprint density at radius 3 is 2.74 bits per heavy atom. The molecule has 3 heterocycles. The van der Waals surface area contributed by atoms with Gasteiger partial charge < -0.3 is 10.1 Å². The third-order valence-electron chi connectivity index (χ3n) is 4.42. The summed E-state index contributed by atoms with van der Waals surface area (Å²) in [6, 6.07) is 11.1. The van der Waals surface area contributed by atoms with Gasteiger partial charge in [0, 0.05) is 13.5 Å². The molecule has 4 aromatic rings. The topological polar surface area (TPSA) is 113 Å². The van der Waals surface area contributed by atoms with Gasteiger partial charge in [-0.2, -0.15) is 4.98 Å². The summed E-state index contributed by atoms with van der Waals surface area (Å²) in [6.07, 6.45) is 0.429. The maximum Gasteiger partial charge on any atom is 0.305 e. The average molecular weight is 441 g/mol. The third-order valence-corrected chi connectivity index (χ3v) is 4.72. The second-order valence-electron chi connectivity index (χ2n) is 7.39. The maximum absolute atomic E-state index is 12.0. The molecule has 1 N–H and O–H groups in total. The number of aryl methyl sites for hydroxylation is 1. The van der Waals surface area contributed by atoms with Crippen molar-refractivity contribution in [2.45, 2.75) is 26.9 Å². The second kappa shape index (κ2) is 8.68. The van der Waals surface area contributed by atoms with E-state index < -0.39 is 0 Å². The Morgan fingerprint density at radius 2 is 2.00 bits per heavy atom. The Morgan fingerprint density at radius 1 is 1.19 bits per heavy atom. The van der Waals surface area contributed by atoms with Gasteiger partial charge in [0.05, 0.1) is 16.2 Å². The molecule has 0 saturated carbocycles. The zero-order valence-electron chi connectivity index (χ0n) is 17.3. The lowest BCUT2D eigenvalue weighted by Gasteiger charge is -2.10. The van der Waals surface area contributed by atoms with Crippen LogP contribution in [0.1, 0.15) is 26.0 Å². The highest BCUT2D eigenvalue weighted by Crippen LogP contribution is 2.29. The van der Waals surface area contributed by atoms with E-state index in [2.05, 4.69) is 30.8 Å². The highest BCUT2D eigenvalue weighted by Gasteiger charge is 2.20. The summed E-state index contributed by atoms with van der Waals surface area (Å²) in [5, 5.41) is 14.9. The van der Waals surface area contributed by atoms with E-state index in [1.54, 1.807) is 23.7 Å². The summed E-state index contributed by atoms with van der Waals surface area (Å²) in [5.74, 6) is 1.09. The molecule has 4 rings (SSSR count). The Kier molecular flexibility index (Phi) is 5.81. The van der Waals surface area contributed by atoms with Gasteiger partial charge in [-0.15, -0.1) is 0 Å². The number of fused-ring (bicyclic) bond motifs is 1. The molecule has 0 saturated heterocycles. The van der Waals surface area contributed by atoms with Crippen LogP contribution in [0.2, 0.25) is 5.02 Å². The average Bonchev–Trinajstić information content (AvgIpc) is 3.29. The fraction of sp³-hybridized carbons (Fsp3) is 0.300. The first-order valence-corrected chi connectivity index (χ1v) is 10.1. The monoisotopic (exact) mass is 440 g/mol. The number of ether oxygens (including phenoxy) is 1. The summed E-state index contributed by atoms with van der Waals surface area (Å²) in [7, 11) is 1.72. The quantitative estimate of drug-likeness (QED) is 0.469. The molecule has 1 amide bonds. The van der Waals surface area contributed by atoms with Gasteiger partial charge in [-0.1, -0.05) is 42.7 Å². The van der Waals surface area contributed by atoms with Crippen molar-refractivity contribution in [1.29, 1.82) is 0 Å². The molecule has 0 fully saturated rings. The van der Waals surface area contributed by atoms with Crippen LogP contribution in [0.5, 0.6) is 6.01 Å². The largest absolute Gasteiger partial charge is 0.458 e. The van der Waals surface area contributed by atoms with E-state index in [-0.39, 0.29) is 24.4 Å². The molecule has 0 aliphatic rings. The van der Waals surface area contributed by atoms with Crippen LogP contribution >= 0.6 is 11.6 Å². The van der Waals surface area contributed by atoms with Gasteiger partial charge in [-0.3, -0.25) is 4.79 Å². The number of tetrazole rings is 1. The lowest BCUT2D eigenvalue weighted by Crippen LogP contribution is -2.15. The van der Waals surface area contributed by atoms with E-state index in [1.807, 2.05) is 38.1 Å². The molecular formula is C20H21ClN8O2. The molecule has 11 heteroatoms. The van der Waals surface area contributed by atoms with Crippen LogP contribution in [0, 0.1) is 5.92 Å². The van der Waals surface area contributed by atoms with Gasteiger partial charge >= 0.3 is 6.01 Å². The first kappa shape index (κ1) is 20.7. The van der Waals surface area contributed by atoms with Crippen molar-refractivity contribution in [1.82, 2.24) is 34.7 Å². The molecule has 0 spiro atoms. The van der Waals surface area contributed by atoms with Gasteiger partial charge in [0.2, 0.25) is 5.91 Å². The van der Waals surface area contributed by atoms with Crippen molar-refractivity contribution in [3.05, 3.63) is 47.1 Å². The summed E-state index contributed by atoms with van der Waals surface area (Å²) in [4.78, 5) is 21.0. The molecule has 10 nitrogen and oxygen atoms in total. The van der Waals surface area contributed by atoms with Gasteiger partial charge in [0.25, 0.3) is 5.95 Å². The molecule has 0 radical (unpaired) electrons. The van der Waals surface area contributed by atoms with Crippen molar-refractivity contribution in [3.63, 3.8) is 0 Å². The predicted octanol–water partition coefficient (Wildman–Crippen LogP) is 3.16. The number of halogens is 1. The van der Waals surface area contributed by atoms with Crippen LogP contribution in [-0.2, 0) is 18.4 Å². The Hall–Kier alpha value is -3.53. The number of hydrogen-bond acceptors (Lipinski definition) is 7. The molecule has 0 aliphatic heterocycles. The number of nitrogens with one attached hydrogen (secondary N) is 1. The van der Waals surface area contributed by atoms with Crippen LogP contribution in [-0.4, -0.2) is 40.6 Å². The second-order valence-corrected chi connectivity index (χ2v) is 7.80. The molecular weight excluding hydrogens is 420 g/mol. The minimum absolute atomic E-state index is 0.0771. The molecule has 160 valence electrons. The summed E-state index contributed by atoms with van der Waals surface area (Å²) in [5.41, 5.74) is 1.91. The standard InChI is InChI=1S/C20H21ClN8O2/c1-12(2)10-17(30)23-16-9-4-6-13(22-16)11-31-20-24-18-14(21)7-5-8-15(18)29(20)19-25-26-27-28(19)3/h4-9,12H,10-11H2,1-3H3,(H,22,23,30). The summed E-state index contributed by atoms with van der Waals surface area (Å²) < 4.78 is 9.18. The highest BCUT2D eigenvalue weighted by molar-refractivity contribution is 6.35. The number of amides is 1. The number of benzene rings is 1. The normalized spacial score (nSPS) is 11.3. The van der Waals surface area contributed by atoms with Crippen molar-refractivity contribution in [2.24, 2.45) is 13.0 Å². The van der Waals surface area contributed by atoms with E-state index in [0.29, 0.717) is 39.9 Å². The van der Waals surface area contributed by atoms with E-state index in [1.165, 1.54) is 4.68 Å². The maximum atomic E-state index is 12.0. The number of anilines is 1. The first-order valence-electron chi connectivity index (χ1n) is 9.70. The van der Waals surface area contributed by atoms with E-state index >= 15 is 0 Å². The minimum Gasteiger partial charge on any atom is -0.458 e. The number of carbonyl (C=O) groups is 1. The molecule has 0 aliphatic carbocycles. The number of hydrogen-bond donors (Lipinski definition) is 1. The highest BCUT2D eigenvalue weighted by atomic mass is 35.5. The van der Waals surface area contributed by atoms with Crippen LogP contribution in [0.4, 0.5) is 5.82 Å². The Bertz CT molecular complexity index is 1230. The smallest absolute Gasteiger partial charge is 0.305 e. The molecule has 1 aromatic carbocycles. The van der Waals surface area contributed by atoms with Crippen molar-refractivity contribution >= 4 is 34.4 Å². The lowest BCUT2D eigenvalue weighted by molar-refractivity contribution is -0.116. The van der Waals surface area contributed by atoms with Crippen molar-refractivity contribution < 1.29 is 9.53 Å². The molecule has 0 bridgehead atoms.